The van der Waals surface area contributed by atoms with Gasteiger partial charge in [-0.25, -0.2) is 0 Å². The number of hydrogen-bond acceptors (Lipinski definition) is 5. The molecule has 5 nitrogen and oxygen atoms in total. The van der Waals surface area contributed by atoms with Gasteiger partial charge in [-0.15, -0.1) is 0 Å². The van der Waals surface area contributed by atoms with Gasteiger partial charge in [-0.2, -0.15) is 0 Å². The summed E-state index contributed by atoms with van der Waals surface area (Å²) in [7, 11) is 4.34. The maximum atomic E-state index is 6.42. The number of fused-ring (bicyclic) bond motifs is 1. The molecule has 1 aliphatic carbocycles. The van der Waals surface area contributed by atoms with Crippen LogP contribution in [0, 0.1) is 5.92 Å². The van der Waals surface area contributed by atoms with Crippen molar-refractivity contribution in [1.29, 1.82) is 0 Å². The summed E-state index contributed by atoms with van der Waals surface area (Å²) in [6, 6.07) is 19.0. The third kappa shape index (κ3) is 5.89. The van der Waals surface area contributed by atoms with Crippen molar-refractivity contribution in [1.82, 2.24) is 15.0 Å². The van der Waals surface area contributed by atoms with Gasteiger partial charge in [-0.05, 0) is 88.3 Å². The molecule has 0 radical (unpaired) electrons. The van der Waals surface area contributed by atoms with Gasteiger partial charge in [0.1, 0.15) is 11.9 Å². The van der Waals surface area contributed by atoms with Gasteiger partial charge in [0.15, 0.2) is 5.76 Å². The molecule has 1 aliphatic heterocycles. The van der Waals surface area contributed by atoms with Crippen LogP contribution in [-0.2, 0) is 19.4 Å². The van der Waals surface area contributed by atoms with Gasteiger partial charge >= 0.3 is 0 Å². The summed E-state index contributed by atoms with van der Waals surface area (Å²) in [4.78, 5) is 4.75. The highest BCUT2D eigenvalue weighted by atomic mass is 16.5. The molecule has 2 heterocycles. The lowest BCUT2D eigenvalue weighted by Crippen LogP contribution is -2.37. The van der Waals surface area contributed by atoms with Crippen LogP contribution in [-0.4, -0.2) is 54.8 Å². The van der Waals surface area contributed by atoms with Crippen LogP contribution in [0.1, 0.15) is 42.5 Å². The van der Waals surface area contributed by atoms with E-state index < -0.39 is 0 Å². The number of likely N-dealkylation sites (tertiary alicyclic amines) is 1. The number of rotatable bonds is 8. The van der Waals surface area contributed by atoms with Gasteiger partial charge < -0.3 is 14.2 Å². The monoisotopic (exact) mass is 459 g/mol. The van der Waals surface area contributed by atoms with Crippen LogP contribution in [0.2, 0.25) is 0 Å². The molecule has 2 aliphatic rings. The van der Waals surface area contributed by atoms with Crippen molar-refractivity contribution in [3.8, 4) is 17.1 Å². The highest BCUT2D eigenvalue weighted by Gasteiger charge is 2.23. The summed E-state index contributed by atoms with van der Waals surface area (Å²) >= 11 is 0. The summed E-state index contributed by atoms with van der Waals surface area (Å²) in [5.74, 6) is 2.71. The Morgan fingerprint density at radius 3 is 2.62 bits per heavy atom. The van der Waals surface area contributed by atoms with Gasteiger partial charge in [0.25, 0.3) is 0 Å². The summed E-state index contributed by atoms with van der Waals surface area (Å²) in [6.07, 6.45) is 7.40. The van der Waals surface area contributed by atoms with E-state index in [0.29, 0.717) is 6.10 Å². The van der Waals surface area contributed by atoms with E-state index >= 15 is 0 Å². The molecule has 34 heavy (non-hydrogen) atoms. The highest BCUT2D eigenvalue weighted by Crippen LogP contribution is 2.31. The first kappa shape index (κ1) is 23.1. The minimum Gasteiger partial charge on any atom is -0.490 e. The number of aryl methyl sites for hydroxylation is 1. The molecule has 0 N–H and O–H groups in total. The molecule has 3 aromatic rings. The average molecular weight is 460 g/mol. The lowest BCUT2D eigenvalue weighted by Gasteiger charge is -2.32. The van der Waals surface area contributed by atoms with E-state index in [0.717, 1.165) is 61.2 Å². The number of nitrogens with zero attached hydrogens (tertiary/aromatic N) is 3. The van der Waals surface area contributed by atoms with Crippen molar-refractivity contribution >= 4 is 0 Å². The van der Waals surface area contributed by atoms with Crippen LogP contribution in [0.5, 0.6) is 5.75 Å². The average Bonchev–Trinajstić information content (AvgIpc) is 3.33. The molecular formula is C29H37N3O2. The molecule has 1 fully saturated rings. The molecule has 0 amide bonds. The maximum Gasteiger partial charge on any atom is 0.167 e. The Labute approximate surface area is 203 Å². The molecule has 1 unspecified atom stereocenters. The normalized spacial score (nSPS) is 19.3. The van der Waals surface area contributed by atoms with E-state index in [-0.39, 0.29) is 0 Å². The van der Waals surface area contributed by atoms with Gasteiger partial charge in [0.05, 0.1) is 5.69 Å². The first-order valence-electron chi connectivity index (χ1n) is 12.8. The minimum absolute atomic E-state index is 0.294. The number of piperidine rings is 1. The van der Waals surface area contributed by atoms with E-state index in [2.05, 4.69) is 65.5 Å². The van der Waals surface area contributed by atoms with Gasteiger partial charge in [0, 0.05) is 31.3 Å². The maximum absolute atomic E-state index is 6.42. The first-order valence-corrected chi connectivity index (χ1v) is 12.8. The molecule has 0 spiro atoms. The highest BCUT2D eigenvalue weighted by molar-refractivity contribution is 5.56. The van der Waals surface area contributed by atoms with Crippen molar-refractivity contribution in [2.75, 3.05) is 33.7 Å². The van der Waals surface area contributed by atoms with Crippen molar-refractivity contribution < 1.29 is 9.26 Å². The molecule has 5 heteroatoms. The largest absolute Gasteiger partial charge is 0.490 e. The lowest BCUT2D eigenvalue weighted by molar-refractivity contribution is 0.0954. The number of hydrogen-bond donors (Lipinski definition) is 0. The molecule has 1 aromatic heterocycles. The molecular weight excluding hydrogens is 422 g/mol. The smallest absolute Gasteiger partial charge is 0.167 e. The summed E-state index contributed by atoms with van der Waals surface area (Å²) < 4.78 is 12.0. The van der Waals surface area contributed by atoms with Gasteiger partial charge in [-0.3, -0.25) is 4.90 Å². The van der Waals surface area contributed by atoms with Crippen molar-refractivity contribution in [3.05, 3.63) is 71.4 Å². The first-order chi connectivity index (χ1) is 16.6. The second-order valence-electron chi connectivity index (χ2n) is 10.3. The Balaban J connectivity index is 1.09. The topological polar surface area (TPSA) is 41.7 Å². The van der Waals surface area contributed by atoms with Crippen LogP contribution in [0.25, 0.3) is 11.3 Å². The predicted molar refractivity (Wildman–Crippen MR) is 136 cm³/mol. The van der Waals surface area contributed by atoms with Crippen molar-refractivity contribution in [2.24, 2.45) is 5.92 Å². The Bertz CT molecular complexity index is 1050. The summed E-state index contributed by atoms with van der Waals surface area (Å²) in [5, 5.41) is 4.29. The summed E-state index contributed by atoms with van der Waals surface area (Å²) in [5.41, 5.74) is 5.09. The van der Waals surface area contributed by atoms with E-state index in [1.165, 1.54) is 43.4 Å². The predicted octanol–water partition coefficient (Wildman–Crippen LogP) is 5.44. The van der Waals surface area contributed by atoms with Gasteiger partial charge in [-0.1, -0.05) is 41.6 Å². The molecule has 1 saturated heterocycles. The molecule has 5 rings (SSSR count). The van der Waals surface area contributed by atoms with Crippen LogP contribution in [0.15, 0.2) is 59.1 Å². The Hall–Kier alpha value is -2.63. The third-order valence-electron chi connectivity index (χ3n) is 7.33. The standard InChI is InChI=1S/C29H37N3O2/c1-31(2)15-12-22-8-9-25-19-28(11-10-24(25)18-22)33-27-13-16-32(17-14-27)21-26-20-29(34-30-26)23-6-4-3-5-7-23/h3-7,10-11,19-20,22,27H,8-9,12-18,21H2,1-2H3. The van der Waals surface area contributed by atoms with Crippen LogP contribution in [0.3, 0.4) is 0 Å². The summed E-state index contributed by atoms with van der Waals surface area (Å²) in [6.45, 7) is 4.06. The van der Waals surface area contributed by atoms with Crippen LogP contribution >= 0.6 is 0 Å². The fourth-order valence-electron chi connectivity index (χ4n) is 5.30. The minimum atomic E-state index is 0.294. The lowest BCUT2D eigenvalue weighted by atomic mass is 9.82. The Morgan fingerprint density at radius 2 is 1.82 bits per heavy atom. The van der Waals surface area contributed by atoms with E-state index in [9.17, 15) is 0 Å². The van der Waals surface area contributed by atoms with Gasteiger partial charge in [0.2, 0.25) is 0 Å². The Morgan fingerprint density at radius 1 is 1.00 bits per heavy atom. The number of benzene rings is 2. The zero-order valence-electron chi connectivity index (χ0n) is 20.6. The van der Waals surface area contributed by atoms with E-state index in [1.807, 2.05) is 18.2 Å². The SMILES string of the molecule is CN(C)CCC1CCc2cc(OC3CCN(Cc4cc(-c5ccccc5)on4)CC3)ccc2C1. The second-order valence-corrected chi connectivity index (χ2v) is 10.3. The molecule has 0 saturated carbocycles. The van der Waals surface area contributed by atoms with Crippen LogP contribution in [0.4, 0.5) is 0 Å². The number of aromatic nitrogens is 1. The Kier molecular flexibility index (Phi) is 7.31. The molecule has 2 aromatic carbocycles. The third-order valence-corrected chi connectivity index (χ3v) is 7.33. The molecule has 180 valence electrons. The van der Waals surface area contributed by atoms with Crippen LogP contribution < -0.4 is 4.74 Å². The zero-order chi connectivity index (χ0) is 23.3. The quantitative estimate of drug-likeness (QED) is 0.449. The second kappa shape index (κ2) is 10.7. The number of ether oxygens (including phenoxy) is 1. The zero-order valence-corrected chi connectivity index (χ0v) is 20.6. The van der Waals surface area contributed by atoms with E-state index in [4.69, 9.17) is 9.26 Å². The fourth-order valence-corrected chi connectivity index (χ4v) is 5.30. The molecule has 1 atom stereocenters. The van der Waals surface area contributed by atoms with Crippen molar-refractivity contribution in [3.63, 3.8) is 0 Å². The van der Waals surface area contributed by atoms with E-state index in [1.54, 1.807) is 0 Å². The molecule has 0 bridgehead atoms. The van der Waals surface area contributed by atoms with Crippen molar-refractivity contribution in [2.45, 2.75) is 51.2 Å². The fraction of sp³-hybridized carbons (Fsp3) is 0.483.